The summed E-state index contributed by atoms with van der Waals surface area (Å²) in [4.78, 5) is 34.4. The predicted octanol–water partition coefficient (Wildman–Crippen LogP) is 3.17. The van der Waals surface area contributed by atoms with E-state index in [1.54, 1.807) is 22.9 Å². The van der Waals surface area contributed by atoms with Crippen LogP contribution < -0.4 is 5.69 Å². The summed E-state index contributed by atoms with van der Waals surface area (Å²) < 4.78 is 3.67. The number of carbonyl (C=O) groups is 1. The Kier molecular flexibility index (Phi) is 4.58. The molecular formula is C24H23N5O2. The zero-order chi connectivity index (χ0) is 21.5. The van der Waals surface area contributed by atoms with Crippen LogP contribution in [0.2, 0.25) is 0 Å². The summed E-state index contributed by atoms with van der Waals surface area (Å²) in [6.45, 7) is 5.01. The molecule has 1 aliphatic rings. The van der Waals surface area contributed by atoms with Gasteiger partial charge >= 0.3 is 5.69 Å². The highest BCUT2D eigenvalue weighted by Gasteiger charge is 2.26. The van der Waals surface area contributed by atoms with Crippen molar-refractivity contribution in [2.24, 2.45) is 0 Å². The van der Waals surface area contributed by atoms with Gasteiger partial charge in [-0.05, 0) is 44.2 Å². The van der Waals surface area contributed by atoms with Gasteiger partial charge < -0.3 is 14.5 Å². The van der Waals surface area contributed by atoms with Crippen molar-refractivity contribution in [2.45, 2.75) is 26.8 Å². The number of aryl methyl sites for hydroxylation is 2. The van der Waals surface area contributed by atoms with Crippen LogP contribution in [0, 0.1) is 13.8 Å². The molecule has 0 saturated carbocycles. The number of hydrogen-bond acceptors (Lipinski definition) is 3. The van der Waals surface area contributed by atoms with E-state index in [9.17, 15) is 9.59 Å². The number of carbonyl (C=O) groups excluding carboxylic acids is 1. The summed E-state index contributed by atoms with van der Waals surface area (Å²) in [6, 6.07) is 15.6. The van der Waals surface area contributed by atoms with Crippen molar-refractivity contribution < 1.29 is 4.79 Å². The molecule has 4 aromatic rings. The molecule has 31 heavy (non-hydrogen) atoms. The summed E-state index contributed by atoms with van der Waals surface area (Å²) in [5, 5.41) is 0. The van der Waals surface area contributed by atoms with Gasteiger partial charge in [0.15, 0.2) is 0 Å². The largest absolute Gasteiger partial charge is 0.332 e. The van der Waals surface area contributed by atoms with Crippen LogP contribution in [0.3, 0.4) is 0 Å². The van der Waals surface area contributed by atoms with E-state index in [-0.39, 0.29) is 11.6 Å². The molecule has 5 rings (SSSR count). The quantitative estimate of drug-likeness (QED) is 0.561. The Balaban J connectivity index is 1.40. The average Bonchev–Trinajstić information content (AvgIpc) is 3.36. The molecule has 1 amide bonds. The molecule has 0 unspecified atom stereocenters. The molecule has 0 spiro atoms. The van der Waals surface area contributed by atoms with Gasteiger partial charge in [0.2, 0.25) is 0 Å². The Morgan fingerprint density at radius 2 is 1.87 bits per heavy atom. The molecule has 2 aromatic heterocycles. The molecule has 1 N–H and O–H groups in total. The molecule has 156 valence electrons. The van der Waals surface area contributed by atoms with Crippen LogP contribution in [0.5, 0.6) is 0 Å². The van der Waals surface area contributed by atoms with E-state index in [0.29, 0.717) is 24.3 Å². The number of rotatable bonds is 3. The molecule has 0 radical (unpaired) electrons. The second-order valence-electron chi connectivity index (χ2n) is 7.94. The van der Waals surface area contributed by atoms with Gasteiger partial charge in [0, 0.05) is 41.8 Å². The number of imidazole rings is 2. The second-order valence-corrected chi connectivity index (χ2v) is 7.94. The normalized spacial score (nSPS) is 13.3. The Morgan fingerprint density at radius 1 is 1.06 bits per heavy atom. The first-order valence-corrected chi connectivity index (χ1v) is 10.3. The third-order valence-electron chi connectivity index (χ3n) is 5.82. The molecular weight excluding hydrogens is 390 g/mol. The standard InChI is InChI=1S/C24H23N5O2/c1-16-6-8-19(9-7-16)28-15-26-21-14-27(11-10-22(21)28)23(30)18-4-3-5-20(12-18)29-17(2)13-25-24(29)31/h3-9,12-13,15H,10-11,14H2,1-2H3,(H,25,31). The number of aromatic amines is 1. The van der Waals surface area contributed by atoms with Gasteiger partial charge in [-0.25, -0.2) is 9.78 Å². The fraction of sp³-hybridized carbons (Fsp3) is 0.208. The lowest BCUT2D eigenvalue weighted by Gasteiger charge is -2.27. The smallest absolute Gasteiger partial charge is 0.330 e. The third kappa shape index (κ3) is 3.38. The highest BCUT2D eigenvalue weighted by Crippen LogP contribution is 2.23. The topological polar surface area (TPSA) is 75.9 Å². The van der Waals surface area contributed by atoms with E-state index in [4.69, 9.17) is 0 Å². The van der Waals surface area contributed by atoms with Gasteiger partial charge in [0.05, 0.1) is 24.3 Å². The molecule has 7 nitrogen and oxygen atoms in total. The number of nitrogens with one attached hydrogen (secondary N) is 1. The zero-order valence-electron chi connectivity index (χ0n) is 17.5. The SMILES string of the molecule is Cc1ccc(-n2cnc3c2CCN(C(=O)c2cccc(-n4c(C)c[nH]c4=O)c2)C3)cc1. The van der Waals surface area contributed by atoms with E-state index in [2.05, 4.69) is 45.7 Å². The Bertz CT molecular complexity index is 1330. The Labute approximate surface area is 179 Å². The van der Waals surface area contributed by atoms with E-state index >= 15 is 0 Å². The molecule has 3 heterocycles. The summed E-state index contributed by atoms with van der Waals surface area (Å²) in [5.74, 6) is -0.0568. The van der Waals surface area contributed by atoms with Crippen LogP contribution in [0.15, 0.2) is 65.8 Å². The van der Waals surface area contributed by atoms with E-state index in [0.717, 1.165) is 29.2 Å². The predicted molar refractivity (Wildman–Crippen MR) is 118 cm³/mol. The lowest BCUT2D eigenvalue weighted by atomic mass is 10.1. The second kappa shape index (κ2) is 7.43. The van der Waals surface area contributed by atoms with Gasteiger partial charge in [-0.2, -0.15) is 0 Å². The number of H-pyrrole nitrogens is 1. The average molecular weight is 413 g/mol. The lowest BCUT2D eigenvalue weighted by Crippen LogP contribution is -2.36. The molecule has 0 saturated heterocycles. The van der Waals surface area contributed by atoms with Crippen LogP contribution in [0.25, 0.3) is 11.4 Å². The highest BCUT2D eigenvalue weighted by molar-refractivity contribution is 5.94. The van der Waals surface area contributed by atoms with E-state index in [1.165, 1.54) is 5.56 Å². The van der Waals surface area contributed by atoms with Crippen molar-refractivity contribution in [1.29, 1.82) is 0 Å². The van der Waals surface area contributed by atoms with Crippen LogP contribution >= 0.6 is 0 Å². The Morgan fingerprint density at radius 3 is 2.61 bits per heavy atom. The van der Waals surface area contributed by atoms with Gasteiger partial charge in [0.1, 0.15) is 0 Å². The number of aromatic nitrogens is 4. The van der Waals surface area contributed by atoms with E-state index in [1.807, 2.05) is 30.3 Å². The summed E-state index contributed by atoms with van der Waals surface area (Å²) in [6.07, 6.45) is 4.24. The zero-order valence-corrected chi connectivity index (χ0v) is 17.5. The van der Waals surface area contributed by atoms with E-state index < -0.39 is 0 Å². The minimum Gasteiger partial charge on any atom is -0.332 e. The lowest BCUT2D eigenvalue weighted by molar-refractivity contribution is 0.0731. The number of fused-ring (bicyclic) bond motifs is 1. The monoisotopic (exact) mass is 413 g/mol. The van der Waals surface area contributed by atoms with Crippen LogP contribution in [-0.2, 0) is 13.0 Å². The number of amides is 1. The van der Waals surface area contributed by atoms with Crippen molar-refractivity contribution in [3.63, 3.8) is 0 Å². The molecule has 0 atom stereocenters. The minimum absolute atomic E-state index is 0.0568. The molecule has 1 aliphatic heterocycles. The van der Waals surface area contributed by atoms with Crippen molar-refractivity contribution >= 4 is 5.91 Å². The highest BCUT2D eigenvalue weighted by atomic mass is 16.2. The Hall–Kier alpha value is -3.87. The fourth-order valence-electron chi connectivity index (χ4n) is 4.15. The number of benzene rings is 2. The summed E-state index contributed by atoms with van der Waals surface area (Å²) in [5.41, 5.74) is 6.19. The molecule has 2 aromatic carbocycles. The fourth-order valence-corrected chi connectivity index (χ4v) is 4.15. The number of hydrogen-bond donors (Lipinski definition) is 1. The summed E-state index contributed by atoms with van der Waals surface area (Å²) in [7, 11) is 0. The first-order chi connectivity index (χ1) is 15.0. The van der Waals surface area contributed by atoms with Gasteiger partial charge in [-0.3, -0.25) is 9.36 Å². The van der Waals surface area contributed by atoms with Gasteiger partial charge in [0.25, 0.3) is 5.91 Å². The molecule has 0 bridgehead atoms. The first-order valence-electron chi connectivity index (χ1n) is 10.3. The molecule has 0 fully saturated rings. The number of nitrogens with zero attached hydrogens (tertiary/aromatic N) is 4. The van der Waals surface area contributed by atoms with Gasteiger partial charge in [-0.1, -0.05) is 23.8 Å². The van der Waals surface area contributed by atoms with Crippen LogP contribution in [0.4, 0.5) is 0 Å². The van der Waals surface area contributed by atoms with Crippen LogP contribution in [-0.4, -0.2) is 36.5 Å². The third-order valence-corrected chi connectivity index (χ3v) is 5.82. The summed E-state index contributed by atoms with van der Waals surface area (Å²) >= 11 is 0. The van der Waals surface area contributed by atoms with Crippen LogP contribution in [0.1, 0.15) is 33.0 Å². The minimum atomic E-state index is -0.216. The van der Waals surface area contributed by atoms with Crippen molar-refractivity contribution in [3.8, 4) is 11.4 Å². The van der Waals surface area contributed by atoms with Crippen molar-refractivity contribution in [1.82, 2.24) is 24.0 Å². The maximum Gasteiger partial charge on any atom is 0.330 e. The van der Waals surface area contributed by atoms with Crippen molar-refractivity contribution in [2.75, 3.05) is 6.54 Å². The van der Waals surface area contributed by atoms with Crippen molar-refractivity contribution in [3.05, 3.63) is 99.7 Å². The maximum absolute atomic E-state index is 13.2. The molecule has 7 heteroatoms. The maximum atomic E-state index is 13.2. The molecule has 0 aliphatic carbocycles. The first kappa shape index (κ1) is 19.1. The van der Waals surface area contributed by atoms with Gasteiger partial charge in [-0.15, -0.1) is 0 Å².